The molecular formula is C20H23FN4O3. The lowest BCUT2D eigenvalue weighted by molar-refractivity contribution is 0.00863. The Labute approximate surface area is 162 Å². The van der Waals surface area contributed by atoms with Gasteiger partial charge in [0.1, 0.15) is 30.5 Å². The van der Waals surface area contributed by atoms with Crippen molar-refractivity contribution in [2.75, 3.05) is 27.3 Å². The topological polar surface area (TPSA) is 72.5 Å². The summed E-state index contributed by atoms with van der Waals surface area (Å²) in [6.45, 7) is 1.73. The van der Waals surface area contributed by atoms with Gasteiger partial charge in [0.25, 0.3) is 0 Å². The molecule has 1 saturated heterocycles. The molecule has 0 bridgehead atoms. The quantitative estimate of drug-likeness (QED) is 0.673. The molecule has 1 fully saturated rings. The number of alkyl halides is 1. The molecule has 1 aromatic carbocycles. The van der Waals surface area contributed by atoms with Crippen molar-refractivity contribution in [2.45, 2.75) is 25.4 Å². The van der Waals surface area contributed by atoms with E-state index in [1.807, 2.05) is 35.2 Å². The Balaban J connectivity index is 1.33. The predicted molar refractivity (Wildman–Crippen MR) is 102 cm³/mol. The van der Waals surface area contributed by atoms with Crippen LogP contribution in [0.1, 0.15) is 11.4 Å². The number of aromatic amines is 1. The molecule has 0 spiro atoms. The van der Waals surface area contributed by atoms with E-state index in [1.54, 1.807) is 20.4 Å². The molecule has 0 aliphatic carbocycles. The van der Waals surface area contributed by atoms with Crippen LogP contribution in [0.5, 0.6) is 11.6 Å². The van der Waals surface area contributed by atoms with Gasteiger partial charge in [0.05, 0.1) is 25.3 Å². The third-order valence-corrected chi connectivity index (χ3v) is 4.86. The minimum Gasteiger partial charge on any atom is -0.497 e. The second kappa shape index (κ2) is 8.12. The summed E-state index contributed by atoms with van der Waals surface area (Å²) in [5.74, 6) is 2.00. The van der Waals surface area contributed by atoms with Gasteiger partial charge < -0.3 is 19.2 Å². The van der Waals surface area contributed by atoms with Gasteiger partial charge in [-0.15, -0.1) is 0 Å². The number of pyridine rings is 1. The number of halogens is 1. The standard InChI is InChI=1S/C20H23FN4O3/c1-26-14-4-5-16-17(7-14)24-19(23-16)12-28-18-11-25(10-15(18)21)9-13-3-6-20(27-2)22-8-13/h3-8,15,18H,9-12H2,1-2H3,(H,23,24). The maximum absolute atomic E-state index is 14.4. The summed E-state index contributed by atoms with van der Waals surface area (Å²) < 4.78 is 30.5. The normalized spacial score (nSPS) is 20.0. The van der Waals surface area contributed by atoms with E-state index in [0.717, 1.165) is 22.3 Å². The van der Waals surface area contributed by atoms with Crippen LogP contribution in [0.2, 0.25) is 0 Å². The highest BCUT2D eigenvalue weighted by Gasteiger charge is 2.33. The molecule has 1 N–H and O–H groups in total. The van der Waals surface area contributed by atoms with Crippen LogP contribution in [-0.2, 0) is 17.9 Å². The Morgan fingerprint density at radius 2 is 2.07 bits per heavy atom. The molecule has 2 atom stereocenters. The number of benzene rings is 1. The van der Waals surface area contributed by atoms with E-state index in [4.69, 9.17) is 14.2 Å². The summed E-state index contributed by atoms with van der Waals surface area (Å²) in [6.07, 6.45) is 0.243. The zero-order chi connectivity index (χ0) is 19.5. The zero-order valence-corrected chi connectivity index (χ0v) is 15.9. The monoisotopic (exact) mass is 386 g/mol. The van der Waals surface area contributed by atoms with Gasteiger partial charge in [-0.3, -0.25) is 4.90 Å². The van der Waals surface area contributed by atoms with Gasteiger partial charge in [-0.05, 0) is 17.7 Å². The average molecular weight is 386 g/mol. The van der Waals surface area contributed by atoms with Crippen LogP contribution >= 0.6 is 0 Å². The Morgan fingerprint density at radius 3 is 2.82 bits per heavy atom. The van der Waals surface area contributed by atoms with Crippen molar-refractivity contribution in [2.24, 2.45) is 0 Å². The van der Waals surface area contributed by atoms with E-state index >= 15 is 0 Å². The molecule has 1 aliphatic heterocycles. The Hall–Kier alpha value is -2.71. The molecule has 0 radical (unpaired) electrons. The number of methoxy groups -OCH3 is 2. The Morgan fingerprint density at radius 1 is 1.18 bits per heavy atom. The highest BCUT2D eigenvalue weighted by molar-refractivity contribution is 5.76. The fourth-order valence-corrected chi connectivity index (χ4v) is 3.40. The van der Waals surface area contributed by atoms with Crippen molar-refractivity contribution in [1.29, 1.82) is 0 Å². The number of hydrogen-bond donors (Lipinski definition) is 1. The van der Waals surface area contributed by atoms with E-state index < -0.39 is 12.3 Å². The molecule has 148 valence electrons. The van der Waals surface area contributed by atoms with Gasteiger partial charge >= 0.3 is 0 Å². The van der Waals surface area contributed by atoms with Gasteiger partial charge in [0.15, 0.2) is 0 Å². The molecular weight excluding hydrogens is 363 g/mol. The third-order valence-electron chi connectivity index (χ3n) is 4.86. The largest absolute Gasteiger partial charge is 0.497 e. The fourth-order valence-electron chi connectivity index (χ4n) is 3.40. The van der Waals surface area contributed by atoms with Gasteiger partial charge in [0, 0.05) is 38.0 Å². The minimum absolute atomic E-state index is 0.236. The van der Waals surface area contributed by atoms with Gasteiger partial charge in [-0.2, -0.15) is 0 Å². The Bertz CT molecular complexity index is 931. The zero-order valence-electron chi connectivity index (χ0n) is 15.9. The number of likely N-dealkylation sites (tertiary alicyclic amines) is 1. The molecule has 2 aromatic heterocycles. The van der Waals surface area contributed by atoms with Crippen molar-refractivity contribution >= 4 is 11.0 Å². The van der Waals surface area contributed by atoms with Gasteiger partial charge in [-0.1, -0.05) is 6.07 Å². The Kier molecular flexibility index (Phi) is 5.40. The maximum Gasteiger partial charge on any atom is 0.212 e. The van der Waals surface area contributed by atoms with Crippen LogP contribution in [0, 0.1) is 0 Å². The van der Waals surface area contributed by atoms with Gasteiger partial charge in [0.2, 0.25) is 5.88 Å². The van der Waals surface area contributed by atoms with Crippen LogP contribution < -0.4 is 9.47 Å². The van der Waals surface area contributed by atoms with Gasteiger partial charge in [-0.25, -0.2) is 14.4 Å². The predicted octanol–water partition coefficient (Wildman–Crippen LogP) is 2.71. The van der Waals surface area contributed by atoms with E-state index in [2.05, 4.69) is 15.0 Å². The number of rotatable bonds is 7. The number of hydrogen-bond acceptors (Lipinski definition) is 6. The van der Waals surface area contributed by atoms with E-state index in [1.165, 1.54) is 0 Å². The summed E-state index contributed by atoms with van der Waals surface area (Å²) in [5, 5.41) is 0. The molecule has 0 saturated carbocycles. The second-order valence-electron chi connectivity index (χ2n) is 6.83. The first-order valence-corrected chi connectivity index (χ1v) is 9.14. The molecule has 7 nitrogen and oxygen atoms in total. The summed E-state index contributed by atoms with van der Waals surface area (Å²) in [5.41, 5.74) is 2.71. The van der Waals surface area contributed by atoms with Crippen molar-refractivity contribution in [1.82, 2.24) is 19.9 Å². The maximum atomic E-state index is 14.4. The molecule has 2 unspecified atom stereocenters. The van der Waals surface area contributed by atoms with Crippen LogP contribution in [0.15, 0.2) is 36.5 Å². The van der Waals surface area contributed by atoms with Crippen molar-refractivity contribution in [3.05, 3.63) is 47.9 Å². The smallest absolute Gasteiger partial charge is 0.212 e. The van der Waals surface area contributed by atoms with Crippen LogP contribution in [0.3, 0.4) is 0 Å². The van der Waals surface area contributed by atoms with Crippen molar-refractivity contribution in [3.8, 4) is 11.6 Å². The number of fused-ring (bicyclic) bond motifs is 1. The van der Waals surface area contributed by atoms with E-state index in [9.17, 15) is 4.39 Å². The third kappa shape index (κ3) is 4.07. The summed E-state index contributed by atoms with van der Waals surface area (Å²) in [4.78, 5) is 13.9. The second-order valence-corrected chi connectivity index (χ2v) is 6.83. The number of nitrogens with one attached hydrogen (secondary N) is 1. The van der Waals surface area contributed by atoms with Crippen LogP contribution in [0.4, 0.5) is 4.39 Å². The summed E-state index contributed by atoms with van der Waals surface area (Å²) in [6, 6.07) is 9.36. The fraction of sp³-hybridized carbons (Fsp3) is 0.400. The molecule has 0 amide bonds. The average Bonchev–Trinajstić information content (AvgIpc) is 3.28. The molecule has 3 aromatic rings. The molecule has 3 heterocycles. The van der Waals surface area contributed by atoms with Crippen LogP contribution in [-0.4, -0.2) is 59.4 Å². The minimum atomic E-state index is -1.03. The summed E-state index contributed by atoms with van der Waals surface area (Å²) >= 11 is 0. The molecule has 8 heteroatoms. The molecule has 28 heavy (non-hydrogen) atoms. The number of imidazole rings is 1. The highest BCUT2D eigenvalue weighted by atomic mass is 19.1. The lowest BCUT2D eigenvalue weighted by atomic mass is 10.2. The number of nitrogens with zero attached hydrogens (tertiary/aromatic N) is 3. The first kappa shape index (κ1) is 18.6. The number of ether oxygens (including phenoxy) is 3. The first-order chi connectivity index (χ1) is 13.6. The van der Waals surface area contributed by atoms with Crippen molar-refractivity contribution in [3.63, 3.8) is 0 Å². The van der Waals surface area contributed by atoms with E-state index in [-0.39, 0.29) is 6.61 Å². The number of H-pyrrole nitrogens is 1. The van der Waals surface area contributed by atoms with Crippen molar-refractivity contribution < 1.29 is 18.6 Å². The summed E-state index contributed by atoms with van der Waals surface area (Å²) in [7, 11) is 3.20. The van der Waals surface area contributed by atoms with E-state index in [0.29, 0.717) is 31.3 Å². The first-order valence-electron chi connectivity index (χ1n) is 9.14. The molecule has 4 rings (SSSR count). The molecule has 1 aliphatic rings. The SMILES string of the molecule is COc1ccc2nc(COC3CN(Cc4ccc(OC)nc4)CC3F)[nH]c2c1. The lowest BCUT2D eigenvalue weighted by Crippen LogP contribution is -2.24. The highest BCUT2D eigenvalue weighted by Crippen LogP contribution is 2.22. The van der Waals surface area contributed by atoms with Crippen LogP contribution in [0.25, 0.3) is 11.0 Å². The number of aromatic nitrogens is 3. The lowest BCUT2D eigenvalue weighted by Gasteiger charge is -2.15.